The zero-order valence-corrected chi connectivity index (χ0v) is 40.7. The van der Waals surface area contributed by atoms with Crippen LogP contribution in [0, 0.1) is 5.82 Å². The highest BCUT2D eigenvalue weighted by molar-refractivity contribution is 6.30. The summed E-state index contributed by atoms with van der Waals surface area (Å²) >= 11 is 6.14. The molecule has 10 rings (SSSR count). The van der Waals surface area contributed by atoms with Crippen LogP contribution >= 0.6 is 11.6 Å². The van der Waals surface area contributed by atoms with E-state index in [0.29, 0.717) is 72.7 Å². The molecule has 4 aromatic heterocycles. The Bertz CT molecular complexity index is 3190. The maximum atomic E-state index is 14.9. The summed E-state index contributed by atoms with van der Waals surface area (Å²) in [5.41, 5.74) is 6.33. The van der Waals surface area contributed by atoms with Gasteiger partial charge in [0.05, 0.1) is 21.8 Å². The van der Waals surface area contributed by atoms with Gasteiger partial charge >= 0.3 is 12.5 Å². The quantitative estimate of drug-likeness (QED) is 0.115. The largest absolute Gasteiger partial charge is 0.573 e. The third kappa shape index (κ3) is 12.4. The van der Waals surface area contributed by atoms with E-state index >= 15 is 0 Å². The van der Waals surface area contributed by atoms with Gasteiger partial charge in [-0.3, -0.25) is 9.20 Å². The number of amides is 1. The minimum absolute atomic E-state index is 0.200. The maximum absolute atomic E-state index is 14.9. The van der Waals surface area contributed by atoms with E-state index in [1.807, 2.05) is 54.3 Å². The number of piperidine rings is 1. The summed E-state index contributed by atoms with van der Waals surface area (Å²) in [5, 5.41) is 7.59. The Balaban J connectivity index is 0.000000183. The Morgan fingerprint density at radius 1 is 0.757 bits per heavy atom. The second-order valence-corrected chi connectivity index (χ2v) is 18.2. The molecule has 0 unspecified atom stereocenters. The van der Waals surface area contributed by atoms with E-state index in [2.05, 4.69) is 57.2 Å². The van der Waals surface area contributed by atoms with E-state index in [9.17, 15) is 35.5 Å². The van der Waals surface area contributed by atoms with Crippen LogP contribution in [0.15, 0.2) is 134 Å². The molecule has 0 spiro atoms. The minimum Gasteiger partial charge on any atom is -0.406 e. The molecule has 0 radical (unpaired) electrons. The van der Waals surface area contributed by atoms with E-state index in [1.54, 1.807) is 40.9 Å². The Morgan fingerprint density at radius 3 is 2.14 bits per heavy atom. The molecule has 8 aromatic rings. The number of pyridine rings is 2. The number of imidazole rings is 1. The van der Waals surface area contributed by atoms with Gasteiger partial charge in [-0.2, -0.15) is 13.2 Å². The van der Waals surface area contributed by atoms with Crippen LogP contribution in [-0.2, 0) is 25.7 Å². The number of rotatable bonds is 12. The molecule has 0 saturated carbocycles. The highest BCUT2D eigenvalue weighted by Gasteiger charge is 2.32. The number of carbonyl (C=O) groups is 1. The van der Waals surface area contributed by atoms with Gasteiger partial charge < -0.3 is 30.1 Å². The van der Waals surface area contributed by atoms with Crippen molar-refractivity contribution >= 4 is 57.1 Å². The van der Waals surface area contributed by atoms with Crippen LogP contribution in [0.5, 0.6) is 5.75 Å². The Kier molecular flexibility index (Phi) is 15.4. The van der Waals surface area contributed by atoms with Gasteiger partial charge in [0.15, 0.2) is 0 Å². The van der Waals surface area contributed by atoms with Crippen LogP contribution < -0.4 is 30.1 Å². The van der Waals surface area contributed by atoms with E-state index < -0.39 is 18.1 Å². The number of ether oxygens (including phenoxy) is 1. The molecule has 4 aromatic carbocycles. The van der Waals surface area contributed by atoms with Crippen molar-refractivity contribution in [2.24, 2.45) is 0 Å². The molecule has 1 amide bonds. The van der Waals surface area contributed by atoms with Gasteiger partial charge in [0, 0.05) is 87.1 Å². The van der Waals surface area contributed by atoms with Crippen molar-refractivity contribution in [1.29, 1.82) is 0 Å². The fourth-order valence-corrected chi connectivity index (χ4v) is 9.35. The molecule has 2 aliphatic heterocycles. The van der Waals surface area contributed by atoms with Crippen molar-refractivity contribution in [3.8, 4) is 5.75 Å². The molecule has 0 atom stereocenters. The van der Waals surface area contributed by atoms with Crippen LogP contribution in [-0.4, -0.2) is 75.9 Å². The lowest BCUT2D eigenvalue weighted by Gasteiger charge is -2.36. The second-order valence-electron chi connectivity index (χ2n) is 17.8. The summed E-state index contributed by atoms with van der Waals surface area (Å²) in [5.74, 6) is 0.715. The summed E-state index contributed by atoms with van der Waals surface area (Å²) in [7, 11) is 0. The summed E-state index contributed by atoms with van der Waals surface area (Å²) in [6, 6.07) is 33.0. The van der Waals surface area contributed by atoms with Crippen molar-refractivity contribution in [3.63, 3.8) is 0 Å². The van der Waals surface area contributed by atoms with Crippen LogP contribution in [0.2, 0.25) is 5.02 Å². The number of hydrogen-bond donors (Lipinski definition) is 2. The number of piperazine rings is 1. The first kappa shape index (κ1) is 51.2. The fourth-order valence-electron chi connectivity index (χ4n) is 9.19. The first-order valence-electron chi connectivity index (χ1n) is 24.0. The third-order valence-corrected chi connectivity index (χ3v) is 13.3. The molecule has 2 N–H and O–H groups in total. The van der Waals surface area contributed by atoms with E-state index in [4.69, 9.17) is 11.6 Å². The zero-order chi connectivity index (χ0) is 52.0. The molecule has 0 aliphatic carbocycles. The van der Waals surface area contributed by atoms with Crippen LogP contribution in [0.3, 0.4) is 0 Å². The number of fused-ring (bicyclic) bond motifs is 2. The number of aromatic nitrogens is 5. The van der Waals surface area contributed by atoms with Crippen LogP contribution in [0.1, 0.15) is 64.1 Å². The molecular weight excluding hydrogens is 989 g/mol. The molecule has 20 heteroatoms. The lowest BCUT2D eigenvalue weighted by Crippen LogP contribution is -2.46. The second kappa shape index (κ2) is 22.2. The van der Waals surface area contributed by atoms with Crippen molar-refractivity contribution in [2.45, 2.75) is 57.7 Å². The Morgan fingerprint density at radius 2 is 1.46 bits per heavy atom. The molecule has 2 fully saturated rings. The predicted octanol–water partition coefficient (Wildman–Crippen LogP) is 11.9. The normalized spacial score (nSPS) is 14.5. The average molecular weight is 1040 g/mol. The summed E-state index contributed by atoms with van der Waals surface area (Å²) in [6.45, 7) is 6.67. The summed E-state index contributed by atoms with van der Waals surface area (Å²) in [6.07, 6.45) is -2.62. The summed E-state index contributed by atoms with van der Waals surface area (Å²) < 4.78 is 96.1. The van der Waals surface area contributed by atoms with Crippen molar-refractivity contribution in [2.75, 3.05) is 59.3 Å². The number of para-hydroxylation sites is 1. The summed E-state index contributed by atoms with van der Waals surface area (Å²) in [4.78, 5) is 36.3. The highest BCUT2D eigenvalue weighted by atomic mass is 35.5. The Hall–Kier alpha value is -7.67. The van der Waals surface area contributed by atoms with Gasteiger partial charge in [-0.1, -0.05) is 61.0 Å². The lowest BCUT2D eigenvalue weighted by molar-refractivity contribution is -0.274. The number of halogens is 8. The smallest absolute Gasteiger partial charge is 0.406 e. The van der Waals surface area contributed by atoms with E-state index in [0.717, 1.165) is 77.3 Å². The molecule has 384 valence electrons. The SMILES string of the molecule is CCc1nc2ccc(Cl)cn2c1C(=O)NCc1ccc(N2CCC(c3ccc(OC(F)(F)F)cc3)CC2)cc1.Fc1cc(N2CCN(c3ccc(C(F)(F)F)cn3)CC2)ccc1CNc1ncnc2ccccc12. The number of alkyl halides is 6. The molecule has 2 saturated heterocycles. The van der Waals surface area contributed by atoms with Gasteiger partial charge in [0.25, 0.3) is 5.91 Å². The monoisotopic (exact) mass is 1040 g/mol. The lowest BCUT2D eigenvalue weighted by atomic mass is 9.89. The number of carbonyl (C=O) groups excluding carboxylic acids is 1. The molecule has 74 heavy (non-hydrogen) atoms. The van der Waals surface area contributed by atoms with Crippen molar-refractivity contribution in [3.05, 3.63) is 178 Å². The molecule has 0 bridgehead atoms. The number of benzene rings is 4. The van der Waals surface area contributed by atoms with Gasteiger partial charge in [0.2, 0.25) is 0 Å². The zero-order valence-electron chi connectivity index (χ0n) is 40.0. The number of nitrogens with zero attached hydrogens (tertiary/aromatic N) is 8. The van der Waals surface area contributed by atoms with Crippen LogP contribution in [0.4, 0.5) is 53.7 Å². The number of anilines is 4. The number of aryl methyl sites for hydroxylation is 1. The van der Waals surface area contributed by atoms with Gasteiger partial charge in [0.1, 0.15) is 40.9 Å². The van der Waals surface area contributed by atoms with Gasteiger partial charge in [-0.25, -0.2) is 24.3 Å². The fraction of sp³-hybridized carbons (Fsp3) is 0.278. The molecule has 6 heterocycles. The van der Waals surface area contributed by atoms with Gasteiger partial charge in [-0.15, -0.1) is 13.2 Å². The number of hydrogen-bond acceptors (Lipinski definition) is 10. The Labute approximate surface area is 426 Å². The van der Waals surface area contributed by atoms with Crippen LogP contribution in [0.25, 0.3) is 16.6 Å². The van der Waals surface area contributed by atoms with Crippen molar-refractivity contribution in [1.82, 2.24) is 29.7 Å². The average Bonchev–Trinajstić information content (AvgIpc) is 3.78. The minimum atomic E-state index is -4.68. The van der Waals surface area contributed by atoms with E-state index in [1.165, 1.54) is 30.6 Å². The predicted molar refractivity (Wildman–Crippen MR) is 271 cm³/mol. The molecule has 12 nitrogen and oxygen atoms in total. The first-order chi connectivity index (χ1) is 35.6. The first-order valence-corrected chi connectivity index (χ1v) is 24.4. The van der Waals surface area contributed by atoms with Gasteiger partial charge in [-0.05, 0) is 109 Å². The standard InChI is InChI=1S/C29H28ClF3N4O2.C25H22F4N6/c1-2-25-27(37-18-22(30)7-12-26(37)35-25)28(38)34-17-19-3-8-23(9-4-19)36-15-13-21(14-16-36)20-5-10-24(11-6-20)39-29(31,32)33;26-21-13-19(7-5-17(21)14-31-24-20-3-1-2-4-22(20)32-16-33-24)34-9-11-35(12-10-34)23-8-6-18(15-30-23)25(27,28)29/h3-12,18,21H,2,13-17H2,1H3,(H,34,38);1-8,13,15-16H,9-12,14H2,(H,31,32,33). The van der Waals surface area contributed by atoms with E-state index in [-0.39, 0.29) is 29.9 Å². The highest BCUT2D eigenvalue weighted by Crippen LogP contribution is 2.34. The molecule has 2 aliphatic rings. The topological polar surface area (TPSA) is 116 Å². The maximum Gasteiger partial charge on any atom is 0.573 e. The molecular formula is C54H50ClF7N10O2. The third-order valence-electron chi connectivity index (χ3n) is 13.1. The van der Waals surface area contributed by atoms with Crippen molar-refractivity contribution < 1.29 is 40.3 Å². The number of nitrogens with one attached hydrogen (secondary N) is 2.